The van der Waals surface area contributed by atoms with Crippen LogP contribution in [0.15, 0.2) is 53.2 Å². The van der Waals surface area contributed by atoms with Crippen LogP contribution in [0.5, 0.6) is 0 Å². The molecule has 0 radical (unpaired) electrons. The predicted molar refractivity (Wildman–Crippen MR) is 113 cm³/mol. The van der Waals surface area contributed by atoms with Gasteiger partial charge in [0.05, 0.1) is 17.8 Å². The van der Waals surface area contributed by atoms with Crippen LogP contribution < -0.4 is 16.0 Å². The molecule has 154 valence electrons. The third-order valence-corrected chi connectivity index (χ3v) is 5.23. The Morgan fingerprint density at radius 1 is 1.20 bits per heavy atom. The highest BCUT2D eigenvalue weighted by Crippen LogP contribution is 2.23. The molecule has 2 amide bonds. The van der Waals surface area contributed by atoms with Crippen molar-refractivity contribution in [2.45, 2.75) is 19.8 Å². The number of amides is 2. The second-order valence-electron chi connectivity index (χ2n) is 7.49. The van der Waals surface area contributed by atoms with Crippen molar-refractivity contribution in [3.8, 4) is 11.3 Å². The van der Waals surface area contributed by atoms with E-state index in [1.807, 2.05) is 42.2 Å². The van der Waals surface area contributed by atoms with Gasteiger partial charge in [-0.1, -0.05) is 35.0 Å². The second-order valence-corrected chi connectivity index (χ2v) is 7.49. The highest BCUT2D eigenvalue weighted by Gasteiger charge is 2.24. The first-order valence-electron chi connectivity index (χ1n) is 9.85. The average Bonchev–Trinajstić information content (AvgIpc) is 3.25. The number of hydrogen-bond acceptors (Lipinski definition) is 6. The van der Waals surface area contributed by atoms with Crippen molar-refractivity contribution in [2.24, 2.45) is 11.7 Å². The number of aryl methyl sites for hydroxylation is 1. The Morgan fingerprint density at radius 3 is 2.70 bits per heavy atom. The minimum atomic E-state index is -0.401. The molecule has 1 saturated heterocycles. The molecule has 3 N–H and O–H groups in total. The summed E-state index contributed by atoms with van der Waals surface area (Å²) in [6.07, 6.45) is 3.28. The quantitative estimate of drug-likeness (QED) is 0.674. The van der Waals surface area contributed by atoms with Gasteiger partial charge in [-0.25, -0.2) is 4.98 Å². The summed E-state index contributed by atoms with van der Waals surface area (Å²) in [5.74, 6) is 0.0344. The topological polar surface area (TPSA) is 114 Å². The maximum atomic E-state index is 12.5. The SMILES string of the molecule is Cc1ccc(-c2cc(C(=O)Nc3ccc(N4CCCC(C(N)=O)C4)nc3)on2)cc1. The van der Waals surface area contributed by atoms with Crippen molar-refractivity contribution >= 4 is 23.3 Å². The zero-order chi connectivity index (χ0) is 21.1. The predicted octanol–water partition coefficient (Wildman–Crippen LogP) is 3.00. The monoisotopic (exact) mass is 405 g/mol. The summed E-state index contributed by atoms with van der Waals surface area (Å²) in [6, 6.07) is 13.0. The molecule has 1 aliphatic rings. The van der Waals surface area contributed by atoms with Crippen molar-refractivity contribution in [3.63, 3.8) is 0 Å². The van der Waals surface area contributed by atoms with Crippen LogP contribution in [-0.2, 0) is 4.79 Å². The van der Waals surface area contributed by atoms with Crippen LogP contribution in [0.1, 0.15) is 29.0 Å². The fraction of sp³-hybridized carbons (Fsp3) is 0.273. The standard InChI is InChI=1S/C22H23N5O3/c1-14-4-6-15(7-5-14)18-11-19(30-26-18)22(29)25-17-8-9-20(24-12-17)27-10-2-3-16(13-27)21(23)28/h4-9,11-12,16H,2-3,10,13H2,1H3,(H2,23,28)(H,25,29). The van der Waals surface area contributed by atoms with Gasteiger partial charge in [-0.3, -0.25) is 9.59 Å². The van der Waals surface area contributed by atoms with E-state index in [1.165, 1.54) is 0 Å². The lowest BCUT2D eigenvalue weighted by Crippen LogP contribution is -2.41. The van der Waals surface area contributed by atoms with E-state index in [1.54, 1.807) is 18.3 Å². The van der Waals surface area contributed by atoms with Gasteiger partial charge in [0.2, 0.25) is 11.7 Å². The third kappa shape index (κ3) is 4.32. The van der Waals surface area contributed by atoms with Gasteiger partial charge in [0.1, 0.15) is 11.5 Å². The second kappa shape index (κ2) is 8.36. The number of nitrogens with two attached hydrogens (primary N) is 1. The van der Waals surface area contributed by atoms with Crippen molar-refractivity contribution in [2.75, 3.05) is 23.3 Å². The van der Waals surface area contributed by atoms with Gasteiger partial charge in [-0.2, -0.15) is 0 Å². The molecule has 3 aromatic rings. The highest BCUT2D eigenvalue weighted by molar-refractivity contribution is 6.02. The van der Waals surface area contributed by atoms with E-state index < -0.39 is 5.91 Å². The van der Waals surface area contributed by atoms with E-state index in [0.717, 1.165) is 36.3 Å². The number of carbonyl (C=O) groups excluding carboxylic acids is 2. The Balaban J connectivity index is 1.40. The van der Waals surface area contributed by atoms with Gasteiger partial charge < -0.3 is 20.5 Å². The molecule has 1 unspecified atom stereocenters. The number of hydrogen-bond donors (Lipinski definition) is 2. The maximum absolute atomic E-state index is 12.5. The summed E-state index contributed by atoms with van der Waals surface area (Å²) in [7, 11) is 0. The molecule has 3 heterocycles. The van der Waals surface area contributed by atoms with Gasteiger partial charge >= 0.3 is 0 Å². The zero-order valence-electron chi connectivity index (χ0n) is 16.7. The molecule has 0 bridgehead atoms. The van der Waals surface area contributed by atoms with Crippen LogP contribution in [0.2, 0.25) is 0 Å². The third-order valence-electron chi connectivity index (χ3n) is 5.23. The van der Waals surface area contributed by atoms with Crippen LogP contribution in [0.25, 0.3) is 11.3 Å². The smallest absolute Gasteiger partial charge is 0.294 e. The molecule has 8 heteroatoms. The van der Waals surface area contributed by atoms with E-state index in [-0.39, 0.29) is 17.6 Å². The largest absolute Gasteiger partial charge is 0.369 e. The number of carbonyl (C=O) groups is 2. The molecule has 2 aromatic heterocycles. The Hall–Kier alpha value is -3.68. The summed E-state index contributed by atoms with van der Waals surface area (Å²) in [5.41, 5.74) is 8.61. The van der Waals surface area contributed by atoms with Crippen molar-refractivity contribution in [1.82, 2.24) is 10.1 Å². The van der Waals surface area contributed by atoms with Gasteiger partial charge in [-0.05, 0) is 31.9 Å². The lowest BCUT2D eigenvalue weighted by molar-refractivity contribution is -0.122. The first-order chi connectivity index (χ1) is 14.5. The first kappa shape index (κ1) is 19.6. The van der Waals surface area contributed by atoms with Gasteiger partial charge in [-0.15, -0.1) is 0 Å². The fourth-order valence-electron chi connectivity index (χ4n) is 3.50. The Labute approximate surface area is 174 Å². The summed E-state index contributed by atoms with van der Waals surface area (Å²) < 4.78 is 5.20. The van der Waals surface area contributed by atoms with Crippen molar-refractivity contribution < 1.29 is 14.1 Å². The van der Waals surface area contributed by atoms with Gasteiger partial charge in [0.15, 0.2) is 0 Å². The molecule has 1 aliphatic heterocycles. The van der Waals surface area contributed by atoms with Crippen LogP contribution in [-0.4, -0.2) is 35.0 Å². The van der Waals surface area contributed by atoms with E-state index in [9.17, 15) is 9.59 Å². The number of anilines is 2. The van der Waals surface area contributed by atoms with E-state index in [2.05, 4.69) is 15.5 Å². The number of benzene rings is 1. The van der Waals surface area contributed by atoms with Crippen LogP contribution in [0.4, 0.5) is 11.5 Å². The average molecular weight is 405 g/mol. The van der Waals surface area contributed by atoms with Crippen LogP contribution >= 0.6 is 0 Å². The zero-order valence-corrected chi connectivity index (χ0v) is 16.7. The molecule has 4 rings (SSSR count). The number of nitrogens with one attached hydrogen (secondary N) is 1. The normalized spacial score (nSPS) is 16.3. The lowest BCUT2D eigenvalue weighted by atomic mass is 9.97. The molecule has 30 heavy (non-hydrogen) atoms. The minimum Gasteiger partial charge on any atom is -0.369 e. The molecule has 0 aliphatic carbocycles. The molecule has 1 fully saturated rings. The first-order valence-corrected chi connectivity index (χ1v) is 9.85. The number of aromatic nitrogens is 2. The van der Waals surface area contributed by atoms with Crippen molar-refractivity contribution in [1.29, 1.82) is 0 Å². The number of pyridine rings is 1. The molecular formula is C22H23N5O3. The molecule has 1 aromatic carbocycles. The fourth-order valence-corrected chi connectivity index (χ4v) is 3.50. The summed E-state index contributed by atoms with van der Waals surface area (Å²) in [6.45, 7) is 3.39. The lowest BCUT2D eigenvalue weighted by Gasteiger charge is -2.32. The maximum Gasteiger partial charge on any atom is 0.294 e. The van der Waals surface area contributed by atoms with Gasteiger partial charge in [0, 0.05) is 24.7 Å². The number of primary amides is 1. The molecule has 8 nitrogen and oxygen atoms in total. The van der Waals surface area contributed by atoms with Crippen LogP contribution in [0.3, 0.4) is 0 Å². The summed E-state index contributed by atoms with van der Waals surface area (Å²) >= 11 is 0. The Morgan fingerprint density at radius 2 is 2.00 bits per heavy atom. The highest BCUT2D eigenvalue weighted by atomic mass is 16.5. The van der Waals surface area contributed by atoms with Gasteiger partial charge in [0.25, 0.3) is 5.91 Å². The Kier molecular flexibility index (Phi) is 5.47. The molecule has 1 atom stereocenters. The van der Waals surface area contributed by atoms with E-state index >= 15 is 0 Å². The summed E-state index contributed by atoms with van der Waals surface area (Å²) in [5, 5.41) is 6.74. The molecule has 0 saturated carbocycles. The van der Waals surface area contributed by atoms with E-state index in [0.29, 0.717) is 17.9 Å². The van der Waals surface area contributed by atoms with Crippen molar-refractivity contribution in [3.05, 3.63) is 60.0 Å². The Bertz CT molecular complexity index is 1040. The minimum absolute atomic E-state index is 0.120. The number of rotatable bonds is 5. The number of piperidine rings is 1. The summed E-state index contributed by atoms with van der Waals surface area (Å²) in [4.78, 5) is 30.4. The van der Waals surface area contributed by atoms with E-state index in [4.69, 9.17) is 10.3 Å². The molecular weight excluding hydrogens is 382 g/mol. The molecule has 0 spiro atoms. The number of nitrogens with zero attached hydrogens (tertiary/aromatic N) is 3. The van der Waals surface area contributed by atoms with Crippen LogP contribution in [0, 0.1) is 12.8 Å².